The average Bonchev–Trinajstić information content (AvgIpc) is 3.79. The smallest absolute Gasteiger partial charge is 0.338 e. The van der Waals surface area contributed by atoms with E-state index < -0.39 is 5.97 Å². The maximum Gasteiger partial charge on any atom is 0.338 e. The number of aromatic nitrogens is 4. The number of aromatic carboxylic acids is 1. The van der Waals surface area contributed by atoms with E-state index in [1.807, 2.05) is 11.9 Å². The summed E-state index contributed by atoms with van der Waals surface area (Å²) in [7, 11) is 1.90. The molecule has 2 fully saturated rings. The number of fused-ring (bicyclic) bond motifs is 2. The van der Waals surface area contributed by atoms with Crippen molar-refractivity contribution in [2.24, 2.45) is 0 Å². The van der Waals surface area contributed by atoms with Crippen molar-refractivity contribution in [3.05, 3.63) is 79.9 Å². The number of pyridine rings is 2. The van der Waals surface area contributed by atoms with E-state index in [0.717, 1.165) is 44.3 Å². The van der Waals surface area contributed by atoms with E-state index in [9.17, 15) is 25.2 Å². The van der Waals surface area contributed by atoms with Crippen molar-refractivity contribution in [2.75, 3.05) is 25.0 Å². The molecule has 1 aliphatic carbocycles. The highest BCUT2D eigenvalue weighted by Crippen LogP contribution is 2.43. The van der Waals surface area contributed by atoms with Gasteiger partial charge in [-0.15, -0.1) is 11.3 Å². The fraction of sp³-hybridized carbons (Fsp3) is 0.306. The molecule has 11 nitrogen and oxygen atoms in total. The maximum absolute atomic E-state index is 14.0. The molecule has 1 saturated heterocycles. The Morgan fingerprint density at radius 3 is 2.65 bits per heavy atom. The van der Waals surface area contributed by atoms with Crippen molar-refractivity contribution < 1.29 is 9.90 Å². The summed E-state index contributed by atoms with van der Waals surface area (Å²) in [6.07, 6.45) is 6.58. The van der Waals surface area contributed by atoms with E-state index in [-0.39, 0.29) is 40.2 Å². The van der Waals surface area contributed by atoms with Crippen LogP contribution in [0.2, 0.25) is 5.02 Å². The Hall–Kier alpha value is -5.32. The van der Waals surface area contributed by atoms with Gasteiger partial charge < -0.3 is 10.0 Å². The largest absolute Gasteiger partial charge is 0.478 e. The molecule has 7 rings (SSSR count). The molecule has 5 heterocycles. The van der Waals surface area contributed by atoms with Crippen LogP contribution in [0.4, 0.5) is 5.82 Å². The molecule has 0 atom stereocenters. The fourth-order valence-electron chi connectivity index (χ4n) is 6.70. The lowest BCUT2D eigenvalue weighted by Crippen LogP contribution is -2.48. The zero-order valence-corrected chi connectivity index (χ0v) is 28.3. The molecular formula is C36H29ClN8O3S. The zero-order valence-electron chi connectivity index (χ0n) is 26.7. The highest BCUT2D eigenvalue weighted by molar-refractivity contribution is 7.18. The molecule has 2 aliphatic rings. The van der Waals surface area contributed by atoms with Crippen molar-refractivity contribution in [1.82, 2.24) is 24.4 Å². The van der Waals surface area contributed by atoms with E-state index in [0.29, 0.717) is 43.5 Å². The van der Waals surface area contributed by atoms with Gasteiger partial charge in [0.05, 0.1) is 45.5 Å². The topological polar surface area (TPSA) is 152 Å². The first-order valence-electron chi connectivity index (χ1n) is 15.7. The third kappa shape index (κ3) is 5.66. The summed E-state index contributed by atoms with van der Waals surface area (Å²) in [4.78, 5) is 43.5. The molecule has 1 N–H and O–H groups in total. The second-order valence-electron chi connectivity index (χ2n) is 12.3. The number of piperidine rings is 1. The molecule has 0 unspecified atom stereocenters. The molecule has 13 heteroatoms. The van der Waals surface area contributed by atoms with Crippen LogP contribution in [0.3, 0.4) is 0 Å². The minimum atomic E-state index is -1.05. The molecule has 0 radical (unpaired) electrons. The highest BCUT2D eigenvalue weighted by Gasteiger charge is 2.49. The Morgan fingerprint density at radius 2 is 1.96 bits per heavy atom. The average molecular weight is 689 g/mol. The Morgan fingerprint density at radius 1 is 1.18 bits per heavy atom. The molecule has 5 aromatic rings. The van der Waals surface area contributed by atoms with Crippen molar-refractivity contribution >= 4 is 55.8 Å². The molecule has 49 heavy (non-hydrogen) atoms. The molecule has 4 aromatic heterocycles. The number of carbonyl (C=O) groups is 1. The van der Waals surface area contributed by atoms with Gasteiger partial charge in [-0.05, 0) is 56.9 Å². The van der Waals surface area contributed by atoms with Crippen molar-refractivity contribution in [3.63, 3.8) is 0 Å². The number of likely N-dealkylation sites (tertiary alicyclic amines) is 1. The van der Waals surface area contributed by atoms with Gasteiger partial charge >= 0.3 is 5.97 Å². The summed E-state index contributed by atoms with van der Waals surface area (Å²) < 4.78 is 2.16. The summed E-state index contributed by atoms with van der Waals surface area (Å²) in [6.45, 7) is 3.32. The molecule has 0 spiro atoms. The predicted molar refractivity (Wildman–Crippen MR) is 188 cm³/mol. The second-order valence-corrected chi connectivity index (χ2v) is 13.7. The third-order valence-corrected chi connectivity index (χ3v) is 10.8. The van der Waals surface area contributed by atoms with Crippen LogP contribution >= 0.6 is 22.9 Å². The summed E-state index contributed by atoms with van der Waals surface area (Å²) in [5.41, 5.74) is 2.46. The van der Waals surface area contributed by atoms with Gasteiger partial charge in [0.1, 0.15) is 28.8 Å². The van der Waals surface area contributed by atoms with Gasteiger partial charge in [-0.2, -0.15) is 10.5 Å². The molecule has 0 amide bonds. The summed E-state index contributed by atoms with van der Waals surface area (Å²) >= 11 is 7.68. The standard InChI is InChI=1S/C36H29ClN8O3S/c1-21-42-29-18-41-33(43(2)24-8-14-44(15-9-24)36(20-39)10-11-36)27(17-38)30(29)34(46)45(21)13-3-4-22-5-6-23(37)16-26(22)25-7-12-40-31-28(35(47)48)19-49-32(25)31/h5-7,12,16,18-19,24H,8-11,13-15H2,1-2H3,(H,47,48). The van der Waals surface area contributed by atoms with Gasteiger partial charge in [0.25, 0.3) is 5.56 Å². The third-order valence-electron chi connectivity index (χ3n) is 9.58. The van der Waals surface area contributed by atoms with Gasteiger partial charge in [-0.1, -0.05) is 23.4 Å². The van der Waals surface area contributed by atoms with Crippen molar-refractivity contribution in [3.8, 4) is 35.1 Å². The minimum Gasteiger partial charge on any atom is -0.478 e. The van der Waals surface area contributed by atoms with Crippen LogP contribution in [0.1, 0.15) is 53.0 Å². The van der Waals surface area contributed by atoms with E-state index in [1.54, 1.807) is 49.0 Å². The predicted octanol–water partition coefficient (Wildman–Crippen LogP) is 5.61. The highest BCUT2D eigenvalue weighted by atomic mass is 35.5. The van der Waals surface area contributed by atoms with E-state index in [4.69, 9.17) is 11.6 Å². The van der Waals surface area contributed by atoms with Gasteiger partial charge in [0, 0.05) is 59.5 Å². The zero-order chi connectivity index (χ0) is 34.4. The van der Waals surface area contributed by atoms with Crippen LogP contribution in [0, 0.1) is 41.4 Å². The van der Waals surface area contributed by atoms with Crippen molar-refractivity contribution in [2.45, 2.75) is 50.7 Å². The summed E-state index contributed by atoms with van der Waals surface area (Å²) in [5.74, 6) is 6.09. The Bertz CT molecular complexity index is 2380. The van der Waals surface area contributed by atoms with Crippen LogP contribution in [0.5, 0.6) is 0 Å². The lowest BCUT2D eigenvalue weighted by Gasteiger charge is -2.39. The first kappa shape index (κ1) is 32.2. The number of hydrogen-bond donors (Lipinski definition) is 1. The Kier molecular flexibility index (Phi) is 8.30. The van der Waals surface area contributed by atoms with Crippen LogP contribution in [-0.2, 0) is 6.54 Å². The number of hydrogen-bond acceptors (Lipinski definition) is 10. The molecule has 244 valence electrons. The first-order valence-corrected chi connectivity index (χ1v) is 17.0. The maximum atomic E-state index is 14.0. The summed E-state index contributed by atoms with van der Waals surface area (Å²) in [6, 6.07) is 11.9. The van der Waals surface area contributed by atoms with Crippen LogP contribution in [0.25, 0.3) is 32.2 Å². The SMILES string of the molecule is Cc1nc2cnc(N(C)C3CCN(C4(C#N)CC4)CC3)c(C#N)c2c(=O)n1CC#Cc1ccc(Cl)cc1-c1ccnc2c(C(=O)O)csc12. The van der Waals surface area contributed by atoms with Crippen LogP contribution in [-0.4, -0.2) is 67.2 Å². The second kappa shape index (κ2) is 12.6. The number of carboxylic acid groups (broad SMARTS) is 1. The minimum absolute atomic E-state index is 0.0149. The van der Waals surface area contributed by atoms with Gasteiger partial charge in [-0.3, -0.25) is 19.2 Å². The number of nitriles is 2. The first-order chi connectivity index (χ1) is 23.7. The van der Waals surface area contributed by atoms with Crippen molar-refractivity contribution in [1.29, 1.82) is 10.5 Å². The number of nitrogens with zero attached hydrogens (tertiary/aromatic N) is 8. The number of benzene rings is 1. The Labute approximate surface area is 290 Å². The van der Waals surface area contributed by atoms with Gasteiger partial charge in [-0.25, -0.2) is 14.8 Å². The number of halogens is 1. The van der Waals surface area contributed by atoms with Crippen LogP contribution < -0.4 is 10.5 Å². The molecular weight excluding hydrogens is 660 g/mol. The molecule has 1 saturated carbocycles. The normalized spacial score (nSPS) is 15.7. The van der Waals surface area contributed by atoms with Crippen LogP contribution in [0.15, 0.2) is 46.8 Å². The Balaban J connectivity index is 1.21. The lowest BCUT2D eigenvalue weighted by molar-refractivity contribution is 0.0699. The molecule has 1 aliphatic heterocycles. The number of carboxylic acids is 1. The quantitative estimate of drug-likeness (QED) is 0.223. The number of aryl methyl sites for hydroxylation is 1. The molecule has 0 bridgehead atoms. The number of thiophene rings is 1. The monoisotopic (exact) mass is 688 g/mol. The van der Waals surface area contributed by atoms with E-state index >= 15 is 0 Å². The molecule has 1 aromatic carbocycles. The van der Waals surface area contributed by atoms with Gasteiger partial charge in [0.2, 0.25) is 0 Å². The fourth-order valence-corrected chi connectivity index (χ4v) is 7.90. The lowest BCUT2D eigenvalue weighted by atomic mass is 10.00. The number of rotatable bonds is 6. The van der Waals surface area contributed by atoms with E-state index in [1.165, 1.54) is 15.9 Å². The van der Waals surface area contributed by atoms with E-state index in [2.05, 4.69) is 43.8 Å². The van der Waals surface area contributed by atoms with Gasteiger partial charge in [0.15, 0.2) is 0 Å². The summed E-state index contributed by atoms with van der Waals surface area (Å²) in [5, 5.41) is 31.8. The number of anilines is 1.